The van der Waals surface area contributed by atoms with Gasteiger partial charge in [0, 0.05) is 16.7 Å². The van der Waals surface area contributed by atoms with Crippen molar-refractivity contribution < 1.29 is 4.79 Å². The molecule has 18 heavy (non-hydrogen) atoms. The minimum atomic E-state index is -0.123. The van der Waals surface area contributed by atoms with Gasteiger partial charge < -0.3 is 5.73 Å². The highest BCUT2D eigenvalue weighted by atomic mass is 16.1. The maximum Gasteiger partial charge on any atom is 0.171 e. The SMILES string of the molecule is Nc1cccc2c1C(=O)C1(CC2)CC2C=CC1C2. The van der Waals surface area contributed by atoms with Gasteiger partial charge in [0.25, 0.3) is 0 Å². The second kappa shape index (κ2) is 3.25. The van der Waals surface area contributed by atoms with Crippen LogP contribution in [0.5, 0.6) is 0 Å². The van der Waals surface area contributed by atoms with Gasteiger partial charge in [-0.25, -0.2) is 0 Å². The zero-order valence-corrected chi connectivity index (χ0v) is 10.4. The number of ketones is 1. The molecule has 1 fully saturated rings. The molecule has 3 aliphatic carbocycles. The molecule has 0 heterocycles. The van der Waals surface area contributed by atoms with E-state index in [0.717, 1.165) is 30.4 Å². The fraction of sp³-hybridized carbons (Fsp3) is 0.438. The summed E-state index contributed by atoms with van der Waals surface area (Å²) in [5, 5.41) is 0. The van der Waals surface area contributed by atoms with Gasteiger partial charge in [-0.3, -0.25) is 4.79 Å². The van der Waals surface area contributed by atoms with Crippen LogP contribution in [0.4, 0.5) is 5.69 Å². The number of nitrogens with two attached hydrogens (primary N) is 1. The summed E-state index contributed by atoms with van der Waals surface area (Å²) in [5.74, 6) is 1.41. The van der Waals surface area contributed by atoms with Crippen molar-refractivity contribution in [3.8, 4) is 0 Å². The Kier molecular flexibility index (Phi) is 1.87. The third-order valence-electron chi connectivity index (χ3n) is 5.21. The van der Waals surface area contributed by atoms with E-state index in [9.17, 15) is 4.79 Å². The molecular weight excluding hydrogens is 222 g/mol. The molecule has 1 saturated carbocycles. The Morgan fingerprint density at radius 1 is 1.28 bits per heavy atom. The number of rotatable bonds is 0. The molecule has 0 radical (unpaired) electrons. The molecule has 3 atom stereocenters. The molecule has 92 valence electrons. The molecule has 2 bridgehead atoms. The fourth-order valence-electron chi connectivity index (χ4n) is 4.33. The molecule has 1 spiro atoms. The van der Waals surface area contributed by atoms with E-state index in [1.54, 1.807) is 0 Å². The number of aryl methyl sites for hydroxylation is 1. The number of anilines is 1. The summed E-state index contributed by atoms with van der Waals surface area (Å²) in [5.41, 5.74) is 8.56. The highest BCUT2D eigenvalue weighted by molar-refractivity contribution is 6.07. The van der Waals surface area contributed by atoms with Gasteiger partial charge in [-0.05, 0) is 49.1 Å². The monoisotopic (exact) mass is 239 g/mol. The minimum Gasteiger partial charge on any atom is -0.398 e. The number of hydrogen-bond donors (Lipinski definition) is 1. The Labute approximate surface area is 107 Å². The fourth-order valence-corrected chi connectivity index (χ4v) is 4.33. The Hall–Kier alpha value is -1.57. The third-order valence-corrected chi connectivity index (χ3v) is 5.21. The highest BCUT2D eigenvalue weighted by Gasteiger charge is 2.54. The summed E-state index contributed by atoms with van der Waals surface area (Å²) >= 11 is 0. The molecule has 3 aliphatic rings. The van der Waals surface area contributed by atoms with Crippen molar-refractivity contribution >= 4 is 11.5 Å². The zero-order chi connectivity index (χ0) is 12.3. The first-order valence-corrected chi connectivity index (χ1v) is 6.81. The van der Waals surface area contributed by atoms with Gasteiger partial charge in [0.2, 0.25) is 0 Å². The van der Waals surface area contributed by atoms with Crippen LogP contribution < -0.4 is 5.73 Å². The van der Waals surface area contributed by atoms with E-state index in [0.29, 0.717) is 23.3 Å². The van der Waals surface area contributed by atoms with E-state index in [1.165, 1.54) is 6.42 Å². The van der Waals surface area contributed by atoms with Gasteiger partial charge >= 0.3 is 0 Å². The second-order valence-electron chi connectivity index (χ2n) is 6.06. The minimum absolute atomic E-state index is 0.123. The van der Waals surface area contributed by atoms with Crippen molar-refractivity contribution in [3.05, 3.63) is 41.5 Å². The van der Waals surface area contributed by atoms with Gasteiger partial charge in [-0.15, -0.1) is 0 Å². The Morgan fingerprint density at radius 3 is 2.89 bits per heavy atom. The van der Waals surface area contributed by atoms with Crippen molar-refractivity contribution in [3.63, 3.8) is 0 Å². The second-order valence-corrected chi connectivity index (χ2v) is 6.06. The van der Waals surface area contributed by atoms with E-state index < -0.39 is 0 Å². The molecule has 3 unspecified atom stereocenters. The average molecular weight is 239 g/mol. The van der Waals surface area contributed by atoms with Crippen molar-refractivity contribution in [1.82, 2.24) is 0 Å². The van der Waals surface area contributed by atoms with Crippen molar-refractivity contribution in [1.29, 1.82) is 0 Å². The number of allylic oxidation sites excluding steroid dienone is 2. The Balaban J connectivity index is 1.86. The van der Waals surface area contributed by atoms with E-state index in [4.69, 9.17) is 5.73 Å². The van der Waals surface area contributed by atoms with Crippen molar-refractivity contribution in [2.24, 2.45) is 17.3 Å². The summed E-state index contributed by atoms with van der Waals surface area (Å²) < 4.78 is 0. The van der Waals surface area contributed by atoms with Crippen LogP contribution in [0.3, 0.4) is 0 Å². The predicted octanol–water partition coefficient (Wildman–Crippen LogP) is 2.98. The number of benzene rings is 1. The summed E-state index contributed by atoms with van der Waals surface area (Å²) in [4.78, 5) is 12.9. The topological polar surface area (TPSA) is 43.1 Å². The van der Waals surface area contributed by atoms with Crippen LogP contribution in [0.2, 0.25) is 0 Å². The molecule has 0 aliphatic heterocycles. The van der Waals surface area contributed by atoms with Crippen LogP contribution in [-0.2, 0) is 6.42 Å². The largest absolute Gasteiger partial charge is 0.398 e. The van der Waals surface area contributed by atoms with E-state index >= 15 is 0 Å². The van der Waals surface area contributed by atoms with Crippen LogP contribution in [0.1, 0.15) is 35.2 Å². The first-order valence-electron chi connectivity index (χ1n) is 6.81. The smallest absolute Gasteiger partial charge is 0.171 e. The molecule has 0 amide bonds. The summed E-state index contributed by atoms with van der Waals surface area (Å²) in [6, 6.07) is 5.87. The normalized spacial score (nSPS) is 36.3. The first-order chi connectivity index (χ1) is 8.71. The van der Waals surface area contributed by atoms with Crippen LogP contribution >= 0.6 is 0 Å². The molecule has 0 aromatic heterocycles. The van der Waals surface area contributed by atoms with Crippen LogP contribution in [0.15, 0.2) is 30.4 Å². The van der Waals surface area contributed by atoms with Gasteiger partial charge in [-0.2, -0.15) is 0 Å². The van der Waals surface area contributed by atoms with Crippen LogP contribution in [0.25, 0.3) is 0 Å². The van der Waals surface area contributed by atoms with Crippen LogP contribution in [-0.4, -0.2) is 5.78 Å². The van der Waals surface area contributed by atoms with Gasteiger partial charge in [0.1, 0.15) is 0 Å². The lowest BCUT2D eigenvalue weighted by Crippen LogP contribution is -2.39. The van der Waals surface area contributed by atoms with E-state index in [2.05, 4.69) is 18.2 Å². The Morgan fingerprint density at radius 2 is 2.17 bits per heavy atom. The number of carbonyl (C=O) groups excluding carboxylic acids is 1. The molecule has 2 N–H and O–H groups in total. The molecule has 0 saturated heterocycles. The maximum atomic E-state index is 12.9. The first kappa shape index (κ1) is 10.4. The molecule has 1 aromatic carbocycles. The lowest BCUT2D eigenvalue weighted by atomic mass is 9.63. The lowest BCUT2D eigenvalue weighted by Gasteiger charge is -2.38. The maximum absolute atomic E-state index is 12.9. The van der Waals surface area contributed by atoms with Gasteiger partial charge in [0.05, 0.1) is 0 Å². The quantitative estimate of drug-likeness (QED) is 0.558. The molecule has 4 rings (SSSR count). The summed E-state index contributed by atoms with van der Waals surface area (Å²) in [7, 11) is 0. The number of carbonyl (C=O) groups is 1. The molecule has 2 nitrogen and oxygen atoms in total. The van der Waals surface area contributed by atoms with Crippen molar-refractivity contribution in [2.45, 2.75) is 25.7 Å². The van der Waals surface area contributed by atoms with E-state index in [-0.39, 0.29) is 5.41 Å². The number of hydrogen-bond acceptors (Lipinski definition) is 2. The van der Waals surface area contributed by atoms with Gasteiger partial charge in [-0.1, -0.05) is 24.3 Å². The summed E-state index contributed by atoms with van der Waals surface area (Å²) in [6.45, 7) is 0. The van der Waals surface area contributed by atoms with Crippen molar-refractivity contribution in [2.75, 3.05) is 5.73 Å². The summed E-state index contributed by atoms with van der Waals surface area (Å²) in [6.07, 6.45) is 8.80. The van der Waals surface area contributed by atoms with E-state index in [1.807, 2.05) is 12.1 Å². The highest BCUT2D eigenvalue weighted by Crippen LogP contribution is 2.58. The Bertz CT molecular complexity index is 574. The number of fused-ring (bicyclic) bond motifs is 4. The molecular formula is C16H17NO. The zero-order valence-electron chi connectivity index (χ0n) is 10.4. The number of Topliss-reactive ketones (excluding diaryl/α,β-unsaturated/α-hetero) is 1. The average Bonchev–Trinajstić information content (AvgIpc) is 2.95. The molecule has 1 aromatic rings. The standard InChI is InChI=1S/C16H17NO/c17-13-3-1-2-11-6-7-16(15(18)14(11)13)9-10-4-5-12(16)8-10/h1-5,10,12H,6-9,17H2. The number of nitrogen functional groups attached to an aromatic ring is 1. The van der Waals surface area contributed by atoms with Crippen LogP contribution in [0, 0.1) is 17.3 Å². The third kappa shape index (κ3) is 1.11. The molecule has 2 heteroatoms. The predicted molar refractivity (Wildman–Crippen MR) is 71.3 cm³/mol. The van der Waals surface area contributed by atoms with Gasteiger partial charge in [0.15, 0.2) is 5.78 Å². The lowest BCUT2D eigenvalue weighted by molar-refractivity contribution is 0.0704.